The highest BCUT2D eigenvalue weighted by atomic mass is 14.4. The summed E-state index contributed by atoms with van der Waals surface area (Å²) in [6.45, 7) is 6.64. The molecule has 0 spiro atoms. The van der Waals surface area contributed by atoms with E-state index in [0.29, 0.717) is 0 Å². The summed E-state index contributed by atoms with van der Waals surface area (Å²) in [5, 5.41) is 0. The third kappa shape index (κ3) is 0.566. The predicted octanol–water partition coefficient (Wildman–Crippen LogP) is 2.84. The van der Waals surface area contributed by atoms with Crippen LogP contribution in [0.2, 0.25) is 0 Å². The van der Waals surface area contributed by atoms with Gasteiger partial charge < -0.3 is 0 Å². The standard InChI is InChI=1S/C10H12/c1-6-4-5-7(2)10-8(3)9(6)10/h4-5,9H,1-3H3. The molecule has 0 heteroatoms. The number of hydrogen-bond donors (Lipinski definition) is 0. The maximum Gasteiger partial charge on any atom is 0.0264 e. The van der Waals surface area contributed by atoms with Crippen molar-refractivity contribution in [3.05, 3.63) is 34.4 Å². The van der Waals surface area contributed by atoms with Gasteiger partial charge in [-0.05, 0) is 31.9 Å². The lowest BCUT2D eigenvalue weighted by Crippen LogP contribution is -1.90. The second-order valence-corrected chi connectivity index (χ2v) is 3.29. The summed E-state index contributed by atoms with van der Waals surface area (Å²) in [7, 11) is 0. The van der Waals surface area contributed by atoms with Crippen LogP contribution in [0.3, 0.4) is 0 Å². The monoisotopic (exact) mass is 132 g/mol. The molecule has 0 saturated carbocycles. The molecule has 0 radical (unpaired) electrons. The van der Waals surface area contributed by atoms with Gasteiger partial charge in [0.1, 0.15) is 0 Å². The molecule has 52 valence electrons. The van der Waals surface area contributed by atoms with Gasteiger partial charge in [-0.15, -0.1) is 0 Å². The van der Waals surface area contributed by atoms with Gasteiger partial charge in [0.05, 0.1) is 0 Å². The molecule has 0 N–H and O–H groups in total. The highest BCUT2D eigenvalue weighted by molar-refractivity contribution is 5.61. The molecule has 0 nitrogen and oxygen atoms in total. The molecule has 0 aromatic rings. The zero-order valence-electron chi connectivity index (χ0n) is 6.73. The van der Waals surface area contributed by atoms with E-state index in [1.54, 1.807) is 11.1 Å². The summed E-state index contributed by atoms with van der Waals surface area (Å²) in [6, 6.07) is 0. The number of rotatable bonds is 0. The lowest BCUT2D eigenvalue weighted by Gasteiger charge is -2.05. The Morgan fingerprint density at radius 3 is 2.40 bits per heavy atom. The lowest BCUT2D eigenvalue weighted by molar-refractivity contribution is 1.00. The van der Waals surface area contributed by atoms with Gasteiger partial charge in [-0.3, -0.25) is 0 Å². The molecule has 0 saturated heterocycles. The van der Waals surface area contributed by atoms with E-state index < -0.39 is 0 Å². The zero-order valence-corrected chi connectivity index (χ0v) is 6.73. The van der Waals surface area contributed by atoms with Gasteiger partial charge in [0, 0.05) is 5.92 Å². The van der Waals surface area contributed by atoms with Gasteiger partial charge in [-0.25, -0.2) is 0 Å². The molecule has 0 aromatic carbocycles. The maximum absolute atomic E-state index is 2.24. The summed E-state index contributed by atoms with van der Waals surface area (Å²) in [6.07, 6.45) is 4.46. The second kappa shape index (κ2) is 1.63. The smallest absolute Gasteiger partial charge is 0.0264 e. The SMILES string of the molecule is CC1=CC=C(C)C2C(C)=C12. The van der Waals surface area contributed by atoms with Crippen LogP contribution in [0.25, 0.3) is 0 Å². The minimum Gasteiger partial charge on any atom is -0.0621 e. The fraction of sp³-hybridized carbons (Fsp3) is 0.400. The molecule has 0 heterocycles. The highest BCUT2D eigenvalue weighted by Crippen LogP contribution is 2.50. The molecular weight excluding hydrogens is 120 g/mol. The molecule has 1 atom stereocenters. The van der Waals surface area contributed by atoms with E-state index in [1.807, 2.05) is 0 Å². The molecule has 2 aliphatic carbocycles. The Balaban J connectivity index is 2.43. The van der Waals surface area contributed by atoms with Crippen molar-refractivity contribution in [3.8, 4) is 0 Å². The van der Waals surface area contributed by atoms with Gasteiger partial charge in [0.2, 0.25) is 0 Å². The Hall–Kier alpha value is -0.780. The van der Waals surface area contributed by atoms with Crippen molar-refractivity contribution in [1.29, 1.82) is 0 Å². The lowest BCUT2D eigenvalue weighted by atomic mass is 9.99. The molecule has 2 aliphatic rings. The van der Waals surface area contributed by atoms with Crippen molar-refractivity contribution in [2.24, 2.45) is 5.92 Å². The van der Waals surface area contributed by atoms with E-state index in [2.05, 4.69) is 32.9 Å². The fourth-order valence-electron chi connectivity index (χ4n) is 1.88. The van der Waals surface area contributed by atoms with E-state index in [-0.39, 0.29) is 0 Å². The van der Waals surface area contributed by atoms with Crippen LogP contribution in [0.1, 0.15) is 20.8 Å². The van der Waals surface area contributed by atoms with Crippen LogP contribution in [0.5, 0.6) is 0 Å². The summed E-state index contributed by atoms with van der Waals surface area (Å²) in [4.78, 5) is 0. The van der Waals surface area contributed by atoms with Crippen LogP contribution in [0.15, 0.2) is 34.4 Å². The fourth-order valence-corrected chi connectivity index (χ4v) is 1.88. The molecule has 0 aromatic heterocycles. The Morgan fingerprint density at radius 2 is 1.80 bits per heavy atom. The van der Waals surface area contributed by atoms with E-state index in [4.69, 9.17) is 0 Å². The summed E-state index contributed by atoms with van der Waals surface area (Å²) in [5.74, 6) is 0.741. The second-order valence-electron chi connectivity index (χ2n) is 3.29. The summed E-state index contributed by atoms with van der Waals surface area (Å²) in [5.41, 5.74) is 6.16. The van der Waals surface area contributed by atoms with Gasteiger partial charge in [-0.1, -0.05) is 23.3 Å². The average molecular weight is 132 g/mol. The van der Waals surface area contributed by atoms with Gasteiger partial charge in [0.15, 0.2) is 0 Å². The van der Waals surface area contributed by atoms with Crippen molar-refractivity contribution < 1.29 is 0 Å². The minimum absolute atomic E-state index is 0.741. The van der Waals surface area contributed by atoms with Crippen LogP contribution in [-0.4, -0.2) is 0 Å². The average Bonchev–Trinajstić information content (AvgIpc) is 2.55. The van der Waals surface area contributed by atoms with Gasteiger partial charge in [-0.2, -0.15) is 0 Å². The molecule has 2 rings (SSSR count). The van der Waals surface area contributed by atoms with Crippen molar-refractivity contribution in [1.82, 2.24) is 0 Å². The Bertz CT molecular complexity index is 274. The third-order valence-corrected chi connectivity index (χ3v) is 2.54. The van der Waals surface area contributed by atoms with Crippen molar-refractivity contribution in [2.45, 2.75) is 20.8 Å². The molecule has 0 aliphatic heterocycles. The molecule has 0 bridgehead atoms. The maximum atomic E-state index is 2.24. The molecular formula is C10H12. The summed E-state index contributed by atoms with van der Waals surface area (Å²) < 4.78 is 0. The first kappa shape index (κ1) is 5.96. The quantitative estimate of drug-likeness (QED) is 0.475. The van der Waals surface area contributed by atoms with E-state index in [1.165, 1.54) is 11.1 Å². The first-order valence-corrected chi connectivity index (χ1v) is 3.78. The number of hydrogen-bond acceptors (Lipinski definition) is 0. The number of allylic oxidation sites excluding steroid dienone is 6. The van der Waals surface area contributed by atoms with E-state index in [0.717, 1.165) is 5.92 Å². The molecule has 1 unspecified atom stereocenters. The Labute approximate surface area is 61.9 Å². The third-order valence-electron chi connectivity index (χ3n) is 2.54. The van der Waals surface area contributed by atoms with Gasteiger partial charge in [0.25, 0.3) is 0 Å². The largest absolute Gasteiger partial charge is 0.0621 e. The first-order valence-electron chi connectivity index (χ1n) is 3.78. The number of fused-ring (bicyclic) bond motifs is 1. The summed E-state index contributed by atoms with van der Waals surface area (Å²) >= 11 is 0. The Kier molecular flexibility index (Phi) is 0.971. The van der Waals surface area contributed by atoms with Crippen molar-refractivity contribution in [3.63, 3.8) is 0 Å². The van der Waals surface area contributed by atoms with Crippen LogP contribution < -0.4 is 0 Å². The predicted molar refractivity (Wildman–Crippen MR) is 43.7 cm³/mol. The van der Waals surface area contributed by atoms with Crippen LogP contribution in [0.4, 0.5) is 0 Å². The van der Waals surface area contributed by atoms with Crippen molar-refractivity contribution in [2.75, 3.05) is 0 Å². The van der Waals surface area contributed by atoms with Crippen LogP contribution >= 0.6 is 0 Å². The molecule has 0 amide bonds. The normalized spacial score (nSPS) is 29.3. The Morgan fingerprint density at radius 1 is 1.10 bits per heavy atom. The van der Waals surface area contributed by atoms with Crippen molar-refractivity contribution >= 4 is 0 Å². The van der Waals surface area contributed by atoms with Crippen LogP contribution in [0, 0.1) is 5.92 Å². The van der Waals surface area contributed by atoms with Gasteiger partial charge >= 0.3 is 0 Å². The topological polar surface area (TPSA) is 0 Å². The first-order chi connectivity index (χ1) is 4.72. The van der Waals surface area contributed by atoms with Crippen LogP contribution in [-0.2, 0) is 0 Å². The zero-order chi connectivity index (χ0) is 7.30. The minimum atomic E-state index is 0.741. The molecule has 10 heavy (non-hydrogen) atoms. The van der Waals surface area contributed by atoms with E-state index >= 15 is 0 Å². The highest BCUT2D eigenvalue weighted by Gasteiger charge is 2.35. The van der Waals surface area contributed by atoms with E-state index in [9.17, 15) is 0 Å². The molecule has 0 fully saturated rings.